The molecule has 0 spiro atoms. The fourth-order valence-electron chi connectivity index (χ4n) is 2.60. The quantitative estimate of drug-likeness (QED) is 0.753. The van der Waals surface area contributed by atoms with Gasteiger partial charge >= 0.3 is 0 Å². The minimum Gasteiger partial charge on any atom is -0.251 e. The highest BCUT2D eigenvalue weighted by Gasteiger charge is 2.25. The summed E-state index contributed by atoms with van der Waals surface area (Å²) in [6.45, 7) is 14.8. The van der Waals surface area contributed by atoms with Crippen LogP contribution in [0.2, 0.25) is 0 Å². The van der Waals surface area contributed by atoms with Gasteiger partial charge in [0.15, 0.2) is 0 Å². The van der Waals surface area contributed by atoms with Gasteiger partial charge in [0.2, 0.25) is 0 Å². The Morgan fingerprint density at radius 1 is 1.10 bits per heavy atom. The Hall–Kier alpha value is -0.990. The van der Waals surface area contributed by atoms with Crippen molar-refractivity contribution in [3.8, 4) is 0 Å². The highest BCUT2D eigenvalue weighted by atomic mass is 19.1. The summed E-state index contributed by atoms with van der Waals surface area (Å²) in [7, 11) is 0. The van der Waals surface area contributed by atoms with E-state index in [9.17, 15) is 4.39 Å². The maximum atomic E-state index is 12.3. The van der Waals surface area contributed by atoms with Crippen LogP contribution < -0.4 is 0 Å². The largest absolute Gasteiger partial charge is 0.251 e. The number of nitrogens with zero attached hydrogens (tertiary/aromatic N) is 2. The molecule has 1 heterocycles. The minimum absolute atomic E-state index is 0.00185. The number of aryl methyl sites for hydroxylation is 1. The summed E-state index contributed by atoms with van der Waals surface area (Å²) in [6.07, 6.45) is 1.39. The zero-order valence-electron chi connectivity index (χ0n) is 14.0. The van der Waals surface area contributed by atoms with Crippen LogP contribution >= 0.6 is 0 Å². The number of halogens is 1. The molecule has 3 heteroatoms. The van der Waals surface area contributed by atoms with Crippen LogP contribution in [0.15, 0.2) is 0 Å². The monoisotopic (exact) mass is 280 g/mol. The van der Waals surface area contributed by atoms with Gasteiger partial charge < -0.3 is 0 Å². The van der Waals surface area contributed by atoms with Gasteiger partial charge in [0.25, 0.3) is 0 Å². The van der Waals surface area contributed by atoms with Crippen molar-refractivity contribution in [3.05, 3.63) is 22.8 Å². The summed E-state index contributed by atoms with van der Waals surface area (Å²) in [5, 5.41) is 0. The standard InChI is InChI=1S/C17H29FN2/c1-11(2)14-13(4)19-16(12(3)9-8-10-18)20-15(14)17(5,6)7/h11-12H,8-10H2,1-7H3/t12-/m0/s1. The molecule has 0 amide bonds. The normalized spacial score (nSPS) is 13.8. The van der Waals surface area contributed by atoms with Crippen LogP contribution in [0.5, 0.6) is 0 Å². The Morgan fingerprint density at radius 2 is 1.70 bits per heavy atom. The van der Waals surface area contributed by atoms with Crippen LogP contribution in [-0.4, -0.2) is 16.6 Å². The van der Waals surface area contributed by atoms with Gasteiger partial charge in [0.1, 0.15) is 5.82 Å². The van der Waals surface area contributed by atoms with E-state index in [2.05, 4.69) is 53.5 Å². The van der Waals surface area contributed by atoms with Crippen LogP contribution in [-0.2, 0) is 5.41 Å². The fraction of sp³-hybridized carbons (Fsp3) is 0.765. The van der Waals surface area contributed by atoms with Crippen LogP contribution in [0, 0.1) is 6.92 Å². The molecule has 0 saturated heterocycles. The Morgan fingerprint density at radius 3 is 2.15 bits per heavy atom. The SMILES string of the molecule is Cc1nc([C@@H](C)CCCF)nc(C(C)(C)C)c1C(C)C. The van der Waals surface area contributed by atoms with Gasteiger partial charge in [-0.15, -0.1) is 0 Å². The summed E-state index contributed by atoms with van der Waals surface area (Å²) in [5.74, 6) is 1.50. The van der Waals surface area contributed by atoms with Crippen LogP contribution in [0.25, 0.3) is 0 Å². The van der Waals surface area contributed by atoms with Gasteiger partial charge in [0.05, 0.1) is 12.4 Å². The average molecular weight is 280 g/mol. The smallest absolute Gasteiger partial charge is 0.131 e. The topological polar surface area (TPSA) is 25.8 Å². The Balaban J connectivity index is 3.29. The molecule has 1 atom stereocenters. The molecule has 1 aromatic rings. The molecular weight excluding hydrogens is 251 g/mol. The summed E-state index contributed by atoms with van der Waals surface area (Å²) >= 11 is 0. The van der Waals surface area contributed by atoms with Crippen molar-refractivity contribution in [1.82, 2.24) is 9.97 Å². The Labute approximate surface area is 123 Å². The molecule has 1 aromatic heterocycles. The zero-order valence-corrected chi connectivity index (χ0v) is 14.0. The predicted molar refractivity (Wildman–Crippen MR) is 83.2 cm³/mol. The van der Waals surface area contributed by atoms with Crippen molar-refractivity contribution in [2.45, 2.75) is 78.6 Å². The number of rotatable bonds is 5. The first-order chi connectivity index (χ1) is 9.18. The lowest BCUT2D eigenvalue weighted by molar-refractivity contribution is 0.441. The van der Waals surface area contributed by atoms with E-state index in [0.29, 0.717) is 12.3 Å². The summed E-state index contributed by atoms with van der Waals surface area (Å²) in [4.78, 5) is 9.53. The molecule has 0 saturated carbocycles. The molecule has 0 fully saturated rings. The van der Waals surface area contributed by atoms with Gasteiger partial charge in [0, 0.05) is 17.0 Å². The highest BCUT2D eigenvalue weighted by Crippen LogP contribution is 2.32. The number of hydrogen-bond acceptors (Lipinski definition) is 2. The number of alkyl halides is 1. The van der Waals surface area contributed by atoms with E-state index in [1.165, 1.54) is 5.56 Å². The van der Waals surface area contributed by atoms with Gasteiger partial charge in [-0.2, -0.15) is 0 Å². The first-order valence-corrected chi connectivity index (χ1v) is 7.63. The molecule has 20 heavy (non-hydrogen) atoms. The van der Waals surface area contributed by atoms with Crippen molar-refractivity contribution in [1.29, 1.82) is 0 Å². The molecular formula is C17H29FN2. The third-order valence-corrected chi connectivity index (χ3v) is 3.65. The molecule has 0 aliphatic carbocycles. The van der Waals surface area contributed by atoms with E-state index >= 15 is 0 Å². The van der Waals surface area contributed by atoms with E-state index in [4.69, 9.17) is 4.98 Å². The molecule has 114 valence electrons. The van der Waals surface area contributed by atoms with Crippen LogP contribution in [0.3, 0.4) is 0 Å². The van der Waals surface area contributed by atoms with Gasteiger partial charge in [-0.1, -0.05) is 41.5 Å². The Kier molecular flexibility index (Phi) is 5.67. The summed E-state index contributed by atoms with van der Waals surface area (Å²) < 4.78 is 12.3. The van der Waals surface area contributed by atoms with Gasteiger partial charge in [-0.3, -0.25) is 4.39 Å². The molecule has 0 unspecified atom stereocenters. The second-order valence-corrected chi connectivity index (χ2v) is 7.07. The third kappa shape index (κ3) is 4.00. The first kappa shape index (κ1) is 17.1. The number of aromatic nitrogens is 2. The number of hydrogen-bond donors (Lipinski definition) is 0. The van der Waals surface area contributed by atoms with E-state index < -0.39 is 0 Å². The lowest BCUT2D eigenvalue weighted by Gasteiger charge is -2.26. The molecule has 0 N–H and O–H groups in total. The summed E-state index contributed by atoms with van der Waals surface area (Å²) in [6, 6.07) is 0. The first-order valence-electron chi connectivity index (χ1n) is 7.63. The molecule has 0 radical (unpaired) electrons. The lowest BCUT2D eigenvalue weighted by atomic mass is 9.84. The molecule has 0 aliphatic heterocycles. The second kappa shape index (κ2) is 6.64. The van der Waals surface area contributed by atoms with E-state index in [-0.39, 0.29) is 18.0 Å². The highest BCUT2D eigenvalue weighted by molar-refractivity contribution is 5.33. The van der Waals surface area contributed by atoms with Crippen molar-refractivity contribution >= 4 is 0 Å². The molecule has 0 aromatic carbocycles. The molecule has 1 rings (SSSR count). The Bertz CT molecular complexity index is 447. The summed E-state index contributed by atoms with van der Waals surface area (Å²) in [5.41, 5.74) is 3.48. The van der Waals surface area contributed by atoms with Crippen molar-refractivity contribution in [2.75, 3.05) is 6.67 Å². The van der Waals surface area contributed by atoms with Crippen molar-refractivity contribution in [3.63, 3.8) is 0 Å². The maximum Gasteiger partial charge on any atom is 0.131 e. The third-order valence-electron chi connectivity index (χ3n) is 3.65. The molecule has 0 bridgehead atoms. The van der Waals surface area contributed by atoms with Crippen molar-refractivity contribution < 1.29 is 4.39 Å². The fourth-order valence-corrected chi connectivity index (χ4v) is 2.60. The van der Waals surface area contributed by atoms with E-state index in [0.717, 1.165) is 23.6 Å². The second-order valence-electron chi connectivity index (χ2n) is 7.07. The molecule has 0 aliphatic rings. The zero-order chi connectivity index (χ0) is 15.5. The van der Waals surface area contributed by atoms with Crippen molar-refractivity contribution in [2.24, 2.45) is 0 Å². The maximum absolute atomic E-state index is 12.3. The average Bonchev–Trinajstić information content (AvgIpc) is 2.33. The minimum atomic E-state index is -0.264. The van der Waals surface area contributed by atoms with E-state index in [1.54, 1.807) is 0 Å². The van der Waals surface area contributed by atoms with E-state index in [1.807, 2.05) is 0 Å². The van der Waals surface area contributed by atoms with Crippen LogP contribution in [0.1, 0.15) is 89.0 Å². The van der Waals surface area contributed by atoms with Gasteiger partial charge in [-0.25, -0.2) is 9.97 Å². The molecule has 2 nitrogen and oxygen atoms in total. The predicted octanol–water partition coefficient (Wildman–Crippen LogP) is 5.06. The van der Waals surface area contributed by atoms with Crippen LogP contribution in [0.4, 0.5) is 4.39 Å². The van der Waals surface area contributed by atoms with Gasteiger partial charge in [-0.05, 0) is 31.2 Å². The lowest BCUT2D eigenvalue weighted by Crippen LogP contribution is -2.21.